The monoisotopic (exact) mass is 166 g/mol. The molecule has 66 valence electrons. The number of aromatic nitrogens is 2. The molecular formula is C9H14N2O. The lowest BCUT2D eigenvalue weighted by Crippen LogP contribution is -1.99. The first-order valence-electron chi connectivity index (χ1n) is 4.35. The molecule has 3 unspecified atom stereocenters. The topological polar surface area (TPSA) is 38.1 Å². The van der Waals surface area contributed by atoms with Crippen molar-refractivity contribution in [2.24, 2.45) is 18.9 Å². The second kappa shape index (κ2) is 2.59. The summed E-state index contributed by atoms with van der Waals surface area (Å²) in [6.45, 7) is 2.17. The van der Waals surface area contributed by atoms with E-state index in [1.807, 2.05) is 13.2 Å². The van der Waals surface area contributed by atoms with Crippen molar-refractivity contribution in [2.75, 3.05) is 0 Å². The maximum Gasteiger partial charge on any atom is 0.0851 e. The van der Waals surface area contributed by atoms with Gasteiger partial charge in [0, 0.05) is 18.8 Å². The zero-order chi connectivity index (χ0) is 8.72. The van der Waals surface area contributed by atoms with Gasteiger partial charge in [0.2, 0.25) is 0 Å². The van der Waals surface area contributed by atoms with Crippen molar-refractivity contribution >= 4 is 0 Å². The van der Waals surface area contributed by atoms with Crippen molar-refractivity contribution in [2.45, 2.75) is 19.4 Å². The third-order valence-electron chi connectivity index (χ3n) is 2.64. The van der Waals surface area contributed by atoms with Gasteiger partial charge in [0.1, 0.15) is 0 Å². The smallest absolute Gasteiger partial charge is 0.0851 e. The molecule has 12 heavy (non-hydrogen) atoms. The highest BCUT2D eigenvalue weighted by molar-refractivity contribution is 5.12. The molecule has 0 saturated heterocycles. The zero-order valence-electron chi connectivity index (χ0n) is 7.44. The lowest BCUT2D eigenvalue weighted by atomic mass is 10.1. The van der Waals surface area contributed by atoms with Gasteiger partial charge in [-0.1, -0.05) is 6.92 Å². The fourth-order valence-electron chi connectivity index (χ4n) is 1.63. The summed E-state index contributed by atoms with van der Waals surface area (Å²) in [5, 5.41) is 13.8. The molecule has 1 aliphatic carbocycles. The van der Waals surface area contributed by atoms with Gasteiger partial charge in [-0.05, 0) is 18.3 Å². The van der Waals surface area contributed by atoms with Gasteiger partial charge in [0.15, 0.2) is 0 Å². The number of aliphatic hydroxyl groups excluding tert-OH is 1. The van der Waals surface area contributed by atoms with Crippen LogP contribution < -0.4 is 0 Å². The Morgan fingerprint density at radius 1 is 1.75 bits per heavy atom. The average Bonchev–Trinajstić information content (AvgIpc) is 2.58. The summed E-state index contributed by atoms with van der Waals surface area (Å²) in [6.07, 6.45) is 4.48. The van der Waals surface area contributed by atoms with Crippen molar-refractivity contribution in [3.8, 4) is 0 Å². The normalized spacial score (nSPS) is 30.2. The quantitative estimate of drug-likeness (QED) is 0.714. The Hall–Kier alpha value is -0.830. The molecule has 1 aromatic rings. The van der Waals surface area contributed by atoms with Gasteiger partial charge in [-0.15, -0.1) is 0 Å². The van der Waals surface area contributed by atoms with Crippen LogP contribution in [0.4, 0.5) is 0 Å². The van der Waals surface area contributed by atoms with Crippen LogP contribution in [0.3, 0.4) is 0 Å². The van der Waals surface area contributed by atoms with Crippen molar-refractivity contribution in [3.63, 3.8) is 0 Å². The van der Waals surface area contributed by atoms with Crippen LogP contribution in [-0.2, 0) is 7.05 Å². The Bertz CT molecular complexity index is 282. The summed E-state index contributed by atoms with van der Waals surface area (Å²) >= 11 is 0. The Labute approximate surface area is 72.0 Å². The minimum absolute atomic E-state index is 0.298. The molecule has 0 bridgehead atoms. The van der Waals surface area contributed by atoms with Crippen molar-refractivity contribution in [1.82, 2.24) is 9.78 Å². The summed E-state index contributed by atoms with van der Waals surface area (Å²) in [5.74, 6) is 1.15. The first-order valence-corrected chi connectivity index (χ1v) is 4.35. The van der Waals surface area contributed by atoms with Crippen LogP contribution in [0.1, 0.15) is 25.0 Å². The molecule has 0 aliphatic heterocycles. The summed E-state index contributed by atoms with van der Waals surface area (Å²) in [4.78, 5) is 0. The number of hydrogen-bond acceptors (Lipinski definition) is 2. The van der Waals surface area contributed by atoms with Crippen molar-refractivity contribution < 1.29 is 5.11 Å². The predicted molar refractivity (Wildman–Crippen MR) is 45.4 cm³/mol. The number of hydrogen-bond donors (Lipinski definition) is 1. The largest absolute Gasteiger partial charge is 0.388 e. The van der Waals surface area contributed by atoms with E-state index in [1.165, 1.54) is 0 Å². The molecular weight excluding hydrogens is 152 g/mol. The lowest BCUT2D eigenvalue weighted by Gasteiger charge is -2.05. The minimum Gasteiger partial charge on any atom is -0.388 e. The van der Waals surface area contributed by atoms with Crippen LogP contribution in [0.2, 0.25) is 0 Å². The van der Waals surface area contributed by atoms with Crippen LogP contribution in [-0.4, -0.2) is 14.9 Å². The summed E-state index contributed by atoms with van der Waals surface area (Å²) in [5.41, 5.74) is 0.951. The number of aryl methyl sites for hydroxylation is 1. The molecule has 3 heteroatoms. The number of rotatable bonds is 2. The van der Waals surface area contributed by atoms with E-state index in [-0.39, 0.29) is 6.10 Å². The Kier molecular flexibility index (Phi) is 1.68. The Balaban J connectivity index is 2.09. The highest BCUT2D eigenvalue weighted by atomic mass is 16.3. The van der Waals surface area contributed by atoms with E-state index in [1.54, 1.807) is 10.9 Å². The van der Waals surface area contributed by atoms with E-state index < -0.39 is 0 Å². The highest BCUT2D eigenvalue weighted by Crippen LogP contribution is 2.46. The Morgan fingerprint density at radius 3 is 2.83 bits per heavy atom. The maximum atomic E-state index is 9.79. The second-order valence-corrected chi connectivity index (χ2v) is 3.77. The molecule has 3 nitrogen and oxygen atoms in total. The second-order valence-electron chi connectivity index (χ2n) is 3.77. The average molecular weight is 166 g/mol. The van der Waals surface area contributed by atoms with Gasteiger partial charge >= 0.3 is 0 Å². The fourth-order valence-corrected chi connectivity index (χ4v) is 1.63. The van der Waals surface area contributed by atoms with E-state index in [2.05, 4.69) is 12.0 Å². The molecule has 1 aromatic heterocycles. The molecule has 1 heterocycles. The third kappa shape index (κ3) is 1.25. The standard InChI is InChI=1S/C9H14N2O/c1-6-3-8(6)9(12)7-4-10-11(2)5-7/h4-6,8-9,12H,3H2,1-2H3. The maximum absolute atomic E-state index is 9.79. The zero-order valence-corrected chi connectivity index (χ0v) is 7.44. The molecule has 1 aliphatic rings. The van der Waals surface area contributed by atoms with Crippen LogP contribution in [0.25, 0.3) is 0 Å². The van der Waals surface area contributed by atoms with Crippen LogP contribution in [0, 0.1) is 11.8 Å². The minimum atomic E-state index is -0.298. The van der Waals surface area contributed by atoms with Gasteiger partial charge in [0.05, 0.1) is 12.3 Å². The molecule has 1 N–H and O–H groups in total. The molecule has 3 atom stereocenters. The van der Waals surface area contributed by atoms with Crippen LogP contribution >= 0.6 is 0 Å². The molecule has 0 spiro atoms. The summed E-state index contributed by atoms with van der Waals surface area (Å²) < 4.78 is 1.73. The fraction of sp³-hybridized carbons (Fsp3) is 0.667. The van der Waals surface area contributed by atoms with Gasteiger partial charge in [-0.2, -0.15) is 5.10 Å². The van der Waals surface area contributed by atoms with Crippen LogP contribution in [0.15, 0.2) is 12.4 Å². The summed E-state index contributed by atoms with van der Waals surface area (Å²) in [7, 11) is 1.87. The summed E-state index contributed by atoms with van der Waals surface area (Å²) in [6, 6.07) is 0. The predicted octanol–water partition coefficient (Wildman–Crippen LogP) is 1.11. The van der Waals surface area contributed by atoms with Gasteiger partial charge in [-0.25, -0.2) is 0 Å². The molecule has 1 saturated carbocycles. The first-order chi connectivity index (χ1) is 5.68. The van der Waals surface area contributed by atoms with Gasteiger partial charge < -0.3 is 5.11 Å². The molecule has 0 aromatic carbocycles. The van der Waals surface area contributed by atoms with Crippen LogP contribution in [0.5, 0.6) is 0 Å². The molecule has 2 rings (SSSR count). The molecule has 0 radical (unpaired) electrons. The SMILES string of the molecule is CC1CC1C(O)c1cnn(C)c1. The Morgan fingerprint density at radius 2 is 2.42 bits per heavy atom. The van der Waals surface area contributed by atoms with E-state index in [0.29, 0.717) is 11.8 Å². The van der Waals surface area contributed by atoms with E-state index in [9.17, 15) is 5.11 Å². The molecule has 1 fully saturated rings. The number of nitrogens with zero attached hydrogens (tertiary/aromatic N) is 2. The van der Waals surface area contributed by atoms with Gasteiger partial charge in [-0.3, -0.25) is 4.68 Å². The van der Waals surface area contributed by atoms with E-state index in [4.69, 9.17) is 0 Å². The third-order valence-corrected chi connectivity index (χ3v) is 2.64. The molecule has 0 amide bonds. The number of aliphatic hydroxyl groups is 1. The van der Waals surface area contributed by atoms with Gasteiger partial charge in [0.25, 0.3) is 0 Å². The van der Waals surface area contributed by atoms with E-state index >= 15 is 0 Å². The van der Waals surface area contributed by atoms with Crippen molar-refractivity contribution in [1.29, 1.82) is 0 Å². The van der Waals surface area contributed by atoms with E-state index in [0.717, 1.165) is 12.0 Å². The first kappa shape index (κ1) is 7.80. The lowest BCUT2D eigenvalue weighted by molar-refractivity contribution is 0.148. The van der Waals surface area contributed by atoms with Crippen molar-refractivity contribution in [3.05, 3.63) is 18.0 Å². The highest BCUT2D eigenvalue weighted by Gasteiger charge is 2.39.